The normalized spacial score (nSPS) is 59.7. The third-order valence-corrected chi connectivity index (χ3v) is 4.12. The average molecular weight is 140 g/mol. The highest BCUT2D eigenvalue weighted by Crippen LogP contribution is 2.61. The van der Waals surface area contributed by atoms with E-state index in [4.69, 9.17) is 0 Å². The van der Waals surface area contributed by atoms with Gasteiger partial charge in [0.05, 0.1) is 5.60 Å². The Kier molecular flexibility index (Phi) is 1.05. The zero-order valence-corrected chi connectivity index (χ0v) is 6.85. The molecule has 0 unspecified atom stereocenters. The van der Waals surface area contributed by atoms with Crippen LogP contribution in [0.3, 0.4) is 0 Å². The third-order valence-electron chi connectivity index (χ3n) is 4.12. The number of hydrogen-bond acceptors (Lipinski definition) is 1. The fourth-order valence-corrected chi connectivity index (χ4v) is 2.69. The van der Waals surface area contributed by atoms with E-state index in [2.05, 4.69) is 6.92 Å². The molecule has 0 aromatic heterocycles. The monoisotopic (exact) mass is 140 g/mol. The lowest BCUT2D eigenvalue weighted by Gasteiger charge is -2.49. The standard InChI is InChI=1S/C9H16O/c1-8-5-3-7(8)4-6-9(8,2)10/h7,10H,3-6H2,1-2H3/t7-,8-,9+/m1/s1. The first-order chi connectivity index (χ1) is 4.56. The van der Waals surface area contributed by atoms with E-state index < -0.39 is 0 Å². The van der Waals surface area contributed by atoms with Gasteiger partial charge in [-0.2, -0.15) is 0 Å². The Balaban J connectivity index is 2.27. The van der Waals surface area contributed by atoms with Crippen molar-refractivity contribution in [3.05, 3.63) is 0 Å². The maximum atomic E-state index is 9.94. The first-order valence-corrected chi connectivity index (χ1v) is 4.29. The Morgan fingerprint density at radius 2 is 1.80 bits per heavy atom. The van der Waals surface area contributed by atoms with Crippen LogP contribution in [0.25, 0.3) is 0 Å². The van der Waals surface area contributed by atoms with Crippen LogP contribution in [0.1, 0.15) is 39.5 Å². The second kappa shape index (κ2) is 1.58. The molecule has 1 nitrogen and oxygen atoms in total. The van der Waals surface area contributed by atoms with Gasteiger partial charge in [0, 0.05) is 0 Å². The molecular weight excluding hydrogens is 124 g/mol. The number of aliphatic hydroxyl groups is 1. The van der Waals surface area contributed by atoms with Gasteiger partial charge in [0.25, 0.3) is 0 Å². The van der Waals surface area contributed by atoms with E-state index in [1.54, 1.807) is 0 Å². The minimum Gasteiger partial charge on any atom is -0.390 e. The van der Waals surface area contributed by atoms with Crippen molar-refractivity contribution in [2.75, 3.05) is 0 Å². The van der Waals surface area contributed by atoms with Crippen LogP contribution in [-0.2, 0) is 0 Å². The molecule has 3 atom stereocenters. The lowest BCUT2D eigenvalue weighted by molar-refractivity contribution is -0.0990. The van der Waals surface area contributed by atoms with Crippen LogP contribution in [-0.4, -0.2) is 10.7 Å². The largest absolute Gasteiger partial charge is 0.390 e. The third kappa shape index (κ3) is 0.531. The van der Waals surface area contributed by atoms with Crippen molar-refractivity contribution in [2.45, 2.75) is 45.1 Å². The first-order valence-electron chi connectivity index (χ1n) is 4.29. The molecule has 10 heavy (non-hydrogen) atoms. The van der Waals surface area contributed by atoms with Gasteiger partial charge >= 0.3 is 0 Å². The highest BCUT2D eigenvalue weighted by molar-refractivity contribution is 5.09. The summed E-state index contributed by atoms with van der Waals surface area (Å²) in [4.78, 5) is 0. The quantitative estimate of drug-likeness (QED) is 0.545. The summed E-state index contributed by atoms with van der Waals surface area (Å²) in [7, 11) is 0. The molecule has 0 heterocycles. The predicted octanol–water partition coefficient (Wildman–Crippen LogP) is 1.95. The lowest BCUT2D eigenvalue weighted by atomic mass is 9.58. The van der Waals surface area contributed by atoms with Gasteiger partial charge in [-0.25, -0.2) is 0 Å². The van der Waals surface area contributed by atoms with E-state index in [-0.39, 0.29) is 11.0 Å². The van der Waals surface area contributed by atoms with Crippen LogP contribution >= 0.6 is 0 Å². The first kappa shape index (κ1) is 6.66. The van der Waals surface area contributed by atoms with E-state index in [0.29, 0.717) is 0 Å². The molecule has 0 bridgehead atoms. The maximum Gasteiger partial charge on any atom is 0.0675 e. The average Bonchev–Trinajstić information content (AvgIpc) is 1.93. The molecule has 2 aliphatic rings. The van der Waals surface area contributed by atoms with Crippen molar-refractivity contribution in [1.29, 1.82) is 0 Å². The van der Waals surface area contributed by atoms with Gasteiger partial charge in [-0.1, -0.05) is 6.92 Å². The second-order valence-electron chi connectivity index (χ2n) is 4.47. The Morgan fingerprint density at radius 1 is 1.20 bits per heavy atom. The van der Waals surface area contributed by atoms with E-state index >= 15 is 0 Å². The van der Waals surface area contributed by atoms with Gasteiger partial charge in [0.1, 0.15) is 0 Å². The second-order valence-corrected chi connectivity index (χ2v) is 4.47. The molecule has 2 aliphatic carbocycles. The van der Waals surface area contributed by atoms with E-state index in [9.17, 15) is 5.11 Å². The van der Waals surface area contributed by atoms with E-state index in [0.717, 1.165) is 12.3 Å². The number of rotatable bonds is 0. The zero-order valence-electron chi connectivity index (χ0n) is 6.85. The molecule has 0 amide bonds. The van der Waals surface area contributed by atoms with Crippen molar-refractivity contribution in [3.63, 3.8) is 0 Å². The van der Waals surface area contributed by atoms with Crippen molar-refractivity contribution in [1.82, 2.24) is 0 Å². The molecule has 2 rings (SSSR count). The molecule has 0 saturated heterocycles. The summed E-state index contributed by atoms with van der Waals surface area (Å²) < 4.78 is 0. The highest BCUT2D eigenvalue weighted by Gasteiger charge is 2.58. The highest BCUT2D eigenvalue weighted by atomic mass is 16.3. The predicted molar refractivity (Wildman–Crippen MR) is 40.7 cm³/mol. The van der Waals surface area contributed by atoms with Crippen LogP contribution in [0.5, 0.6) is 0 Å². The van der Waals surface area contributed by atoms with Crippen LogP contribution in [0.2, 0.25) is 0 Å². The fourth-order valence-electron chi connectivity index (χ4n) is 2.69. The molecule has 1 N–H and O–H groups in total. The Morgan fingerprint density at radius 3 is 2.00 bits per heavy atom. The van der Waals surface area contributed by atoms with Gasteiger partial charge in [0.15, 0.2) is 0 Å². The number of hydrogen-bond donors (Lipinski definition) is 1. The van der Waals surface area contributed by atoms with Gasteiger partial charge < -0.3 is 5.11 Å². The molecule has 0 aliphatic heterocycles. The molecule has 2 fully saturated rings. The zero-order chi connectivity index (χ0) is 7.41. The Hall–Kier alpha value is -0.0400. The molecular formula is C9H16O. The molecule has 58 valence electrons. The van der Waals surface area contributed by atoms with Crippen LogP contribution < -0.4 is 0 Å². The van der Waals surface area contributed by atoms with Crippen LogP contribution in [0.15, 0.2) is 0 Å². The summed E-state index contributed by atoms with van der Waals surface area (Å²) >= 11 is 0. The molecule has 0 radical (unpaired) electrons. The topological polar surface area (TPSA) is 20.2 Å². The Bertz CT molecular complexity index is 162. The van der Waals surface area contributed by atoms with Crippen molar-refractivity contribution in [2.24, 2.45) is 11.3 Å². The SMILES string of the molecule is C[C@]1(O)CC[C@H]2CC[C@]21C. The van der Waals surface area contributed by atoms with Crippen LogP contribution in [0, 0.1) is 11.3 Å². The molecule has 0 spiro atoms. The van der Waals surface area contributed by atoms with Gasteiger partial charge in [-0.05, 0) is 43.9 Å². The summed E-state index contributed by atoms with van der Waals surface area (Å²) in [6, 6.07) is 0. The van der Waals surface area contributed by atoms with Crippen LogP contribution in [0.4, 0.5) is 0 Å². The van der Waals surface area contributed by atoms with Crippen molar-refractivity contribution >= 4 is 0 Å². The summed E-state index contributed by atoms with van der Waals surface area (Å²) in [5, 5.41) is 9.94. The maximum absolute atomic E-state index is 9.94. The minimum atomic E-state index is -0.351. The summed E-state index contributed by atoms with van der Waals surface area (Å²) in [6.45, 7) is 4.25. The van der Waals surface area contributed by atoms with E-state index in [1.165, 1.54) is 19.3 Å². The lowest BCUT2D eigenvalue weighted by Crippen LogP contribution is -2.48. The van der Waals surface area contributed by atoms with Gasteiger partial charge in [-0.3, -0.25) is 0 Å². The summed E-state index contributed by atoms with van der Waals surface area (Å²) in [5.74, 6) is 0.836. The van der Waals surface area contributed by atoms with Gasteiger partial charge in [-0.15, -0.1) is 0 Å². The van der Waals surface area contributed by atoms with Crippen molar-refractivity contribution < 1.29 is 5.11 Å². The molecule has 0 aromatic carbocycles. The van der Waals surface area contributed by atoms with Gasteiger partial charge in [0.2, 0.25) is 0 Å². The summed E-state index contributed by atoms with van der Waals surface area (Å²) in [6.07, 6.45) is 4.87. The molecule has 1 heteroatoms. The fraction of sp³-hybridized carbons (Fsp3) is 1.00. The smallest absolute Gasteiger partial charge is 0.0675 e. The summed E-state index contributed by atoms with van der Waals surface area (Å²) in [5.41, 5.74) is -0.0666. The Labute approximate surface area is 62.4 Å². The molecule has 2 saturated carbocycles. The molecule has 0 aromatic rings. The minimum absolute atomic E-state index is 0.285. The van der Waals surface area contributed by atoms with Crippen molar-refractivity contribution in [3.8, 4) is 0 Å². The van der Waals surface area contributed by atoms with E-state index in [1.807, 2.05) is 6.92 Å². The number of fused-ring (bicyclic) bond motifs is 1.